The largest absolute Gasteiger partial charge is 0.487 e. The first kappa shape index (κ1) is 17.7. The van der Waals surface area contributed by atoms with Gasteiger partial charge in [-0.25, -0.2) is 4.79 Å². The van der Waals surface area contributed by atoms with E-state index < -0.39 is 11.6 Å². The molecule has 108 valence electrons. The molecule has 0 atom stereocenters. The number of nitrogens with zero attached hydrogens (tertiary/aromatic N) is 1. The van der Waals surface area contributed by atoms with Gasteiger partial charge in [0.1, 0.15) is 5.60 Å². The Balaban J connectivity index is 0.000000388. The zero-order valence-corrected chi connectivity index (χ0v) is 12.5. The molecular weight excluding hydrogens is 254 g/mol. The molecule has 0 saturated heterocycles. The predicted octanol–water partition coefficient (Wildman–Crippen LogP) is 3.44. The lowest BCUT2D eigenvalue weighted by Crippen LogP contribution is -2.25. The Morgan fingerprint density at radius 3 is 2.20 bits per heavy atom. The standard InChI is InChI=1S/C9H16O3.C7H5N/c1-6-11-7(2)8(10)12-9(3,4)5;8-6-7-4-2-1-3-5-7/h2,6H2,1,3-5H3;1-5H. The van der Waals surface area contributed by atoms with E-state index in [1.807, 2.05) is 24.3 Å². The fourth-order valence-corrected chi connectivity index (χ4v) is 1.08. The van der Waals surface area contributed by atoms with Crippen molar-refractivity contribution in [2.24, 2.45) is 0 Å². The fourth-order valence-electron chi connectivity index (χ4n) is 1.08. The van der Waals surface area contributed by atoms with Crippen LogP contribution in [0, 0.1) is 11.3 Å². The predicted molar refractivity (Wildman–Crippen MR) is 77.8 cm³/mol. The number of rotatable bonds is 3. The molecule has 0 aliphatic heterocycles. The van der Waals surface area contributed by atoms with Gasteiger partial charge in [-0.05, 0) is 46.4 Å². The molecule has 1 aromatic carbocycles. The molecule has 0 spiro atoms. The lowest BCUT2D eigenvalue weighted by Gasteiger charge is -2.19. The van der Waals surface area contributed by atoms with E-state index in [-0.39, 0.29) is 5.76 Å². The highest BCUT2D eigenvalue weighted by Crippen LogP contribution is 2.10. The average molecular weight is 275 g/mol. The molecule has 0 N–H and O–H groups in total. The van der Waals surface area contributed by atoms with Crippen molar-refractivity contribution in [1.29, 1.82) is 5.26 Å². The van der Waals surface area contributed by atoms with E-state index >= 15 is 0 Å². The molecule has 20 heavy (non-hydrogen) atoms. The van der Waals surface area contributed by atoms with E-state index in [0.717, 1.165) is 0 Å². The van der Waals surface area contributed by atoms with Crippen molar-refractivity contribution in [2.45, 2.75) is 33.3 Å². The van der Waals surface area contributed by atoms with E-state index in [4.69, 9.17) is 14.7 Å². The van der Waals surface area contributed by atoms with Crippen LogP contribution in [0.5, 0.6) is 0 Å². The van der Waals surface area contributed by atoms with E-state index in [2.05, 4.69) is 6.58 Å². The third kappa shape index (κ3) is 8.76. The molecule has 4 heteroatoms. The van der Waals surface area contributed by atoms with Gasteiger partial charge < -0.3 is 9.47 Å². The van der Waals surface area contributed by atoms with Gasteiger partial charge in [-0.15, -0.1) is 0 Å². The second kappa shape index (κ2) is 8.76. The third-order valence-electron chi connectivity index (χ3n) is 1.85. The molecule has 0 aromatic heterocycles. The molecule has 0 radical (unpaired) electrons. The zero-order chi connectivity index (χ0) is 15.6. The molecule has 0 heterocycles. The Hall–Kier alpha value is -2.28. The van der Waals surface area contributed by atoms with Gasteiger partial charge in [0, 0.05) is 0 Å². The summed E-state index contributed by atoms with van der Waals surface area (Å²) in [7, 11) is 0. The van der Waals surface area contributed by atoms with Crippen LogP contribution in [0.1, 0.15) is 33.3 Å². The Bertz CT molecular complexity index is 467. The van der Waals surface area contributed by atoms with Crippen LogP contribution in [0.4, 0.5) is 0 Å². The van der Waals surface area contributed by atoms with Crippen molar-refractivity contribution in [1.82, 2.24) is 0 Å². The third-order valence-corrected chi connectivity index (χ3v) is 1.85. The molecule has 4 nitrogen and oxygen atoms in total. The van der Waals surface area contributed by atoms with Gasteiger partial charge in [-0.3, -0.25) is 0 Å². The molecule has 0 aliphatic rings. The maximum absolute atomic E-state index is 11.1. The number of carbonyl (C=O) groups is 1. The van der Waals surface area contributed by atoms with Crippen molar-refractivity contribution in [3.05, 3.63) is 48.2 Å². The van der Waals surface area contributed by atoms with E-state index in [9.17, 15) is 4.79 Å². The SMILES string of the molecule is C=C(OCC)C(=O)OC(C)(C)C.N#Cc1ccccc1. The summed E-state index contributed by atoms with van der Waals surface area (Å²) < 4.78 is 9.87. The molecule has 0 bridgehead atoms. The molecule has 1 rings (SSSR count). The number of hydrogen-bond donors (Lipinski definition) is 0. The number of hydrogen-bond acceptors (Lipinski definition) is 4. The summed E-state index contributed by atoms with van der Waals surface area (Å²) >= 11 is 0. The van der Waals surface area contributed by atoms with Crippen molar-refractivity contribution in [3.63, 3.8) is 0 Å². The summed E-state index contributed by atoms with van der Waals surface area (Å²) in [5.41, 5.74) is 0.226. The van der Waals surface area contributed by atoms with E-state index in [1.54, 1.807) is 39.8 Å². The highest BCUT2D eigenvalue weighted by molar-refractivity contribution is 5.85. The van der Waals surface area contributed by atoms with Crippen molar-refractivity contribution >= 4 is 5.97 Å². The highest BCUT2D eigenvalue weighted by Gasteiger charge is 2.18. The van der Waals surface area contributed by atoms with Crippen LogP contribution in [0.25, 0.3) is 0 Å². The first-order chi connectivity index (χ1) is 9.30. The van der Waals surface area contributed by atoms with Gasteiger partial charge in [-0.2, -0.15) is 5.26 Å². The second-order valence-corrected chi connectivity index (χ2v) is 4.84. The molecule has 0 saturated carbocycles. The Kier molecular flexibility index (Phi) is 7.76. The van der Waals surface area contributed by atoms with Crippen LogP contribution in [0.3, 0.4) is 0 Å². The first-order valence-corrected chi connectivity index (χ1v) is 6.30. The Morgan fingerprint density at radius 2 is 1.85 bits per heavy atom. The number of esters is 1. The fraction of sp³-hybridized carbons (Fsp3) is 0.375. The quantitative estimate of drug-likeness (QED) is 0.481. The summed E-state index contributed by atoms with van der Waals surface area (Å²) in [6.45, 7) is 11.0. The van der Waals surface area contributed by atoms with Gasteiger partial charge in [-0.1, -0.05) is 18.2 Å². The number of carbonyl (C=O) groups excluding carboxylic acids is 1. The first-order valence-electron chi connectivity index (χ1n) is 6.30. The van der Waals surface area contributed by atoms with Crippen LogP contribution in [-0.2, 0) is 14.3 Å². The van der Waals surface area contributed by atoms with Crippen LogP contribution >= 0.6 is 0 Å². The number of ether oxygens (including phenoxy) is 2. The average Bonchev–Trinajstić information content (AvgIpc) is 2.39. The van der Waals surface area contributed by atoms with E-state index in [1.165, 1.54) is 0 Å². The van der Waals surface area contributed by atoms with Crippen LogP contribution in [0.2, 0.25) is 0 Å². The molecule has 0 amide bonds. The molecule has 0 unspecified atom stereocenters. The molecule has 0 aliphatic carbocycles. The monoisotopic (exact) mass is 275 g/mol. The highest BCUT2D eigenvalue weighted by atomic mass is 16.6. The Morgan fingerprint density at radius 1 is 1.30 bits per heavy atom. The molecule has 1 aromatic rings. The van der Waals surface area contributed by atoms with Gasteiger partial charge >= 0.3 is 5.97 Å². The zero-order valence-electron chi connectivity index (χ0n) is 12.5. The minimum absolute atomic E-state index is 0.0624. The van der Waals surface area contributed by atoms with Crippen LogP contribution in [0.15, 0.2) is 42.7 Å². The number of benzene rings is 1. The van der Waals surface area contributed by atoms with E-state index in [0.29, 0.717) is 12.2 Å². The van der Waals surface area contributed by atoms with Crippen molar-refractivity contribution in [3.8, 4) is 6.07 Å². The summed E-state index contributed by atoms with van der Waals surface area (Å²) in [5, 5.41) is 8.29. The smallest absolute Gasteiger partial charge is 0.373 e. The summed E-state index contributed by atoms with van der Waals surface area (Å²) in [5.74, 6) is -0.434. The minimum Gasteiger partial charge on any atom is -0.487 e. The molecular formula is C16H21NO3. The van der Waals surface area contributed by atoms with Gasteiger partial charge in [0.25, 0.3) is 0 Å². The maximum atomic E-state index is 11.1. The minimum atomic E-state index is -0.496. The van der Waals surface area contributed by atoms with Crippen LogP contribution < -0.4 is 0 Å². The number of nitriles is 1. The lowest BCUT2D eigenvalue weighted by atomic mass is 10.2. The van der Waals surface area contributed by atoms with Gasteiger partial charge in [0.15, 0.2) is 5.76 Å². The van der Waals surface area contributed by atoms with Crippen molar-refractivity contribution < 1.29 is 14.3 Å². The van der Waals surface area contributed by atoms with Gasteiger partial charge in [0.2, 0.25) is 0 Å². The summed E-state index contributed by atoms with van der Waals surface area (Å²) in [4.78, 5) is 11.1. The maximum Gasteiger partial charge on any atom is 0.373 e. The summed E-state index contributed by atoms with van der Waals surface area (Å²) in [6.07, 6.45) is 0. The van der Waals surface area contributed by atoms with Crippen molar-refractivity contribution in [2.75, 3.05) is 6.61 Å². The van der Waals surface area contributed by atoms with Crippen LogP contribution in [-0.4, -0.2) is 18.2 Å². The van der Waals surface area contributed by atoms with Gasteiger partial charge in [0.05, 0.1) is 18.2 Å². The normalized spacial score (nSPS) is 9.55. The lowest BCUT2D eigenvalue weighted by molar-refractivity contribution is -0.154. The second-order valence-electron chi connectivity index (χ2n) is 4.84. The Labute approximate surface area is 120 Å². The molecule has 0 fully saturated rings. The summed E-state index contributed by atoms with van der Waals surface area (Å²) in [6, 6.07) is 11.2. The topological polar surface area (TPSA) is 59.3 Å².